The fraction of sp³-hybridized carbons (Fsp3) is 0.189. The number of allylic oxidation sites excluding steroid dienone is 1. The monoisotopic (exact) mass is 650 g/mol. The van der Waals surface area contributed by atoms with Gasteiger partial charge >= 0.3 is 0 Å². The van der Waals surface area contributed by atoms with Crippen molar-refractivity contribution in [1.29, 1.82) is 0 Å². The lowest BCUT2D eigenvalue weighted by Gasteiger charge is -2.28. The first-order valence-corrected chi connectivity index (χ1v) is 15.0. The van der Waals surface area contributed by atoms with Crippen molar-refractivity contribution in [3.8, 4) is 40.2 Å². The molecule has 0 saturated heterocycles. The highest BCUT2D eigenvalue weighted by atomic mass is 16.5. The molecule has 0 saturated carbocycles. The minimum atomic E-state index is -0.674. The number of rotatable bonds is 6. The summed E-state index contributed by atoms with van der Waals surface area (Å²) in [6.07, 6.45) is 5.49. The molecule has 11 nitrogen and oxygen atoms in total. The molecule has 2 aromatic heterocycles. The van der Waals surface area contributed by atoms with Crippen molar-refractivity contribution >= 4 is 50.0 Å². The van der Waals surface area contributed by atoms with Gasteiger partial charge in [0.25, 0.3) is 0 Å². The van der Waals surface area contributed by atoms with Crippen LogP contribution < -0.4 is 25.1 Å². The van der Waals surface area contributed by atoms with E-state index in [1.807, 2.05) is 19.9 Å². The number of hydrogen-bond donors (Lipinski definition) is 4. The Morgan fingerprint density at radius 3 is 2.38 bits per heavy atom. The molecule has 244 valence electrons. The maximum absolute atomic E-state index is 13.8. The largest absolute Gasteiger partial charge is 0.508 e. The molecule has 0 spiro atoms. The first kappa shape index (κ1) is 30.5. The van der Waals surface area contributed by atoms with Crippen molar-refractivity contribution in [1.82, 2.24) is 0 Å². The average molecular weight is 651 g/mol. The first-order chi connectivity index (χ1) is 22.8. The zero-order valence-electron chi connectivity index (χ0n) is 26.3. The van der Waals surface area contributed by atoms with Gasteiger partial charge in [-0.1, -0.05) is 12.2 Å². The van der Waals surface area contributed by atoms with Crippen molar-refractivity contribution < 1.29 is 43.5 Å². The van der Waals surface area contributed by atoms with Crippen molar-refractivity contribution in [2.75, 3.05) is 13.7 Å². The summed E-state index contributed by atoms with van der Waals surface area (Å²) in [6.45, 7) is 5.43. The molecule has 1 aliphatic rings. The smallest absolute Gasteiger partial charge is 0.204 e. The van der Waals surface area contributed by atoms with Gasteiger partial charge in [0, 0.05) is 29.3 Å². The quantitative estimate of drug-likeness (QED) is 0.111. The van der Waals surface area contributed by atoms with Crippen LogP contribution in [-0.4, -0.2) is 39.7 Å². The summed E-state index contributed by atoms with van der Waals surface area (Å²) in [7, 11) is 1.37. The van der Waals surface area contributed by atoms with E-state index in [-0.39, 0.29) is 97.2 Å². The van der Waals surface area contributed by atoms with E-state index in [0.29, 0.717) is 16.7 Å². The molecule has 7 rings (SSSR count). The Labute approximate surface area is 271 Å². The third-order valence-electron chi connectivity index (χ3n) is 8.30. The Kier molecular flexibility index (Phi) is 7.01. The summed E-state index contributed by atoms with van der Waals surface area (Å²) in [5, 5.41) is 42.8. The SMILES string of the molecule is COc1cc(O)c(C/C=C(\C)COc2cc(O)cc3oc4c(O)c5c(cc4c(=O)c23)C=CC(C)(C)O5)c2oc3ccc(O)cc3c(=O)c12. The van der Waals surface area contributed by atoms with Crippen molar-refractivity contribution in [2.45, 2.75) is 32.8 Å². The zero-order valence-corrected chi connectivity index (χ0v) is 26.3. The predicted molar refractivity (Wildman–Crippen MR) is 180 cm³/mol. The minimum absolute atomic E-state index is 0.00944. The highest BCUT2D eigenvalue weighted by Crippen LogP contribution is 2.44. The summed E-state index contributed by atoms with van der Waals surface area (Å²) in [5.74, 6) is -0.399. The number of hydrogen-bond acceptors (Lipinski definition) is 11. The van der Waals surface area contributed by atoms with E-state index in [1.54, 1.807) is 25.1 Å². The molecule has 0 bridgehead atoms. The van der Waals surface area contributed by atoms with Crippen LogP contribution >= 0.6 is 0 Å². The van der Waals surface area contributed by atoms with Gasteiger partial charge in [0.1, 0.15) is 68.5 Å². The van der Waals surface area contributed by atoms with Crippen molar-refractivity contribution in [3.63, 3.8) is 0 Å². The highest BCUT2D eigenvalue weighted by Gasteiger charge is 2.28. The molecule has 0 fully saturated rings. The van der Waals surface area contributed by atoms with Crippen LogP contribution in [0.3, 0.4) is 0 Å². The van der Waals surface area contributed by atoms with E-state index in [0.717, 1.165) is 0 Å². The van der Waals surface area contributed by atoms with Gasteiger partial charge in [-0.3, -0.25) is 9.59 Å². The third kappa shape index (κ3) is 5.00. The summed E-state index contributed by atoms with van der Waals surface area (Å²) < 4.78 is 29.3. The van der Waals surface area contributed by atoms with E-state index >= 15 is 0 Å². The Balaban J connectivity index is 1.24. The molecule has 3 heterocycles. The van der Waals surface area contributed by atoms with Crippen LogP contribution in [0.25, 0.3) is 50.0 Å². The summed E-state index contributed by atoms with van der Waals surface area (Å²) in [6, 6.07) is 9.68. The molecule has 1 aliphatic heterocycles. The molecule has 0 aliphatic carbocycles. The van der Waals surface area contributed by atoms with E-state index in [1.165, 1.54) is 43.5 Å². The second-order valence-electron chi connectivity index (χ2n) is 12.2. The molecule has 6 aromatic rings. The maximum atomic E-state index is 13.8. The van der Waals surface area contributed by atoms with Crippen LogP contribution in [-0.2, 0) is 6.42 Å². The molecule has 0 unspecified atom stereocenters. The van der Waals surface area contributed by atoms with Gasteiger partial charge in [-0.2, -0.15) is 0 Å². The molecule has 4 aromatic carbocycles. The Hall–Kier alpha value is -6.10. The van der Waals surface area contributed by atoms with Crippen LogP contribution in [0.4, 0.5) is 0 Å². The standard InChI is InChI=1S/C37H30O11/c1-17(5-7-21-24(40)15-26(44-4)30-31(41)22-12-19(38)6-8-25(22)46-35(21)30)16-45-27-13-20(39)14-28-29(27)32(42)23-11-18-9-10-37(2,3)48-34(18)33(43)36(23)47-28/h5-6,8-15,38-40,43H,7,16H2,1-4H3/b17-5+. The van der Waals surface area contributed by atoms with Gasteiger partial charge in [-0.05, 0) is 63.1 Å². The van der Waals surface area contributed by atoms with Crippen molar-refractivity contribution in [3.05, 3.63) is 91.8 Å². The number of phenolic OH excluding ortho intramolecular Hbond substituents is 4. The lowest BCUT2D eigenvalue weighted by Crippen LogP contribution is -2.27. The summed E-state index contributed by atoms with van der Waals surface area (Å²) >= 11 is 0. The number of ether oxygens (including phenoxy) is 3. The molecular formula is C37H30O11. The molecule has 48 heavy (non-hydrogen) atoms. The molecule has 4 N–H and O–H groups in total. The van der Waals surface area contributed by atoms with Gasteiger partial charge < -0.3 is 43.5 Å². The van der Waals surface area contributed by atoms with Crippen LogP contribution in [0.1, 0.15) is 31.9 Å². The van der Waals surface area contributed by atoms with Gasteiger partial charge in [0.05, 0.1) is 17.9 Å². The number of aromatic hydroxyl groups is 4. The van der Waals surface area contributed by atoms with Gasteiger partial charge in [0.2, 0.25) is 16.6 Å². The van der Waals surface area contributed by atoms with E-state index in [2.05, 4.69) is 0 Å². The van der Waals surface area contributed by atoms with E-state index in [4.69, 9.17) is 23.0 Å². The van der Waals surface area contributed by atoms with E-state index < -0.39 is 16.5 Å². The Bertz CT molecular complexity index is 2520. The highest BCUT2D eigenvalue weighted by molar-refractivity contribution is 5.99. The maximum Gasteiger partial charge on any atom is 0.204 e. The van der Waals surface area contributed by atoms with Crippen molar-refractivity contribution in [2.24, 2.45) is 0 Å². The molecule has 0 amide bonds. The molecule has 0 radical (unpaired) electrons. The average Bonchev–Trinajstić information content (AvgIpc) is 3.04. The molecule has 0 atom stereocenters. The summed E-state index contributed by atoms with van der Waals surface area (Å²) in [5.41, 5.74) is 0.263. The first-order valence-electron chi connectivity index (χ1n) is 15.0. The fourth-order valence-electron chi connectivity index (χ4n) is 5.89. The van der Waals surface area contributed by atoms with Crippen LogP contribution in [0.5, 0.6) is 40.2 Å². The van der Waals surface area contributed by atoms with Gasteiger partial charge in [-0.15, -0.1) is 0 Å². The predicted octanol–water partition coefficient (Wildman–Crippen LogP) is 6.79. The molecule has 11 heteroatoms. The van der Waals surface area contributed by atoms with Crippen LogP contribution in [0.2, 0.25) is 0 Å². The van der Waals surface area contributed by atoms with Crippen LogP contribution in [0, 0.1) is 0 Å². The van der Waals surface area contributed by atoms with Gasteiger partial charge in [0.15, 0.2) is 11.3 Å². The second-order valence-corrected chi connectivity index (χ2v) is 12.2. The lowest BCUT2D eigenvalue weighted by molar-refractivity contribution is 0.153. The lowest BCUT2D eigenvalue weighted by atomic mass is 9.99. The van der Waals surface area contributed by atoms with E-state index in [9.17, 15) is 30.0 Å². The third-order valence-corrected chi connectivity index (χ3v) is 8.30. The Morgan fingerprint density at radius 2 is 1.60 bits per heavy atom. The molecular weight excluding hydrogens is 620 g/mol. The summed E-state index contributed by atoms with van der Waals surface area (Å²) in [4.78, 5) is 27.2. The zero-order chi connectivity index (χ0) is 34.1. The normalized spacial score (nSPS) is 14.0. The fourth-order valence-corrected chi connectivity index (χ4v) is 5.89. The number of phenols is 4. The Morgan fingerprint density at radius 1 is 0.854 bits per heavy atom. The minimum Gasteiger partial charge on any atom is -0.508 e. The number of benzene rings is 4. The number of fused-ring (bicyclic) bond motifs is 5. The second kappa shape index (κ2) is 11.0. The van der Waals surface area contributed by atoms with Crippen LogP contribution in [0.15, 0.2) is 78.6 Å². The van der Waals surface area contributed by atoms with Gasteiger partial charge in [-0.25, -0.2) is 0 Å². The number of methoxy groups -OCH3 is 1. The topological polar surface area (TPSA) is 169 Å².